The molecule has 0 unspecified atom stereocenters. The van der Waals surface area contributed by atoms with Gasteiger partial charge in [-0.3, -0.25) is 4.79 Å². The van der Waals surface area contributed by atoms with Gasteiger partial charge in [-0.25, -0.2) is 0 Å². The number of aliphatic carboxylic acids is 2. The van der Waals surface area contributed by atoms with Crippen molar-refractivity contribution in [3.05, 3.63) is 107 Å². The van der Waals surface area contributed by atoms with E-state index < -0.39 is 11.9 Å². The first-order valence-corrected chi connectivity index (χ1v) is 22.9. The molecule has 2 aromatic carbocycles. The van der Waals surface area contributed by atoms with Crippen molar-refractivity contribution >= 4 is 104 Å². The molecule has 6 nitrogen and oxygen atoms in total. The molecule has 0 atom stereocenters. The van der Waals surface area contributed by atoms with Crippen LogP contribution in [0.1, 0.15) is 31.7 Å². The van der Waals surface area contributed by atoms with E-state index in [1.807, 2.05) is 12.2 Å². The van der Waals surface area contributed by atoms with Crippen molar-refractivity contribution in [2.24, 2.45) is 5.41 Å². The normalized spacial score (nSPS) is 16.9. The number of aromatic nitrogens is 1. The lowest BCUT2D eigenvalue weighted by Crippen LogP contribution is -2.36. The molecule has 0 radical (unpaired) electrons. The first-order valence-electron chi connectivity index (χ1n) is 16.9. The number of rotatable bonds is 19. The molecule has 52 heavy (non-hydrogen) atoms. The maximum absolute atomic E-state index is 11.1. The SMILES string of the molecule is C=CCSc1ccc2c(c1)N(CCSCC(=O)[O-])/C(=C/C1=CC(=C/C=C/c3sc4ccc(SCC=C)cc4[n+]3CCSCC(=O)O)/CC(C)(C)C1)S2. The lowest BCUT2D eigenvalue weighted by Gasteiger charge is -2.31. The van der Waals surface area contributed by atoms with Crippen LogP contribution in [-0.4, -0.2) is 58.1 Å². The van der Waals surface area contributed by atoms with Crippen LogP contribution in [0, 0.1) is 5.41 Å². The van der Waals surface area contributed by atoms with Crippen LogP contribution in [0.25, 0.3) is 16.3 Å². The topological polar surface area (TPSA) is 84.6 Å². The molecule has 274 valence electrons. The van der Waals surface area contributed by atoms with Gasteiger partial charge in [0, 0.05) is 56.4 Å². The van der Waals surface area contributed by atoms with Crippen LogP contribution in [0.3, 0.4) is 0 Å². The van der Waals surface area contributed by atoms with Crippen molar-refractivity contribution in [3.63, 3.8) is 0 Å². The fraction of sp³-hybridized carbons (Fsp3) is 0.325. The van der Waals surface area contributed by atoms with E-state index in [0.717, 1.165) is 46.6 Å². The summed E-state index contributed by atoms with van der Waals surface area (Å²) in [5.74, 6) is 1.34. The molecule has 12 heteroatoms. The van der Waals surface area contributed by atoms with Crippen LogP contribution < -0.4 is 14.6 Å². The molecule has 0 amide bonds. The van der Waals surface area contributed by atoms with Crippen LogP contribution in [0.15, 0.2) is 117 Å². The summed E-state index contributed by atoms with van der Waals surface area (Å²) in [7, 11) is 0. The second kappa shape index (κ2) is 19.5. The van der Waals surface area contributed by atoms with Crippen molar-refractivity contribution < 1.29 is 24.4 Å². The predicted octanol–water partition coefficient (Wildman–Crippen LogP) is 9.19. The molecule has 1 aliphatic carbocycles. The maximum atomic E-state index is 11.1. The molecule has 1 aliphatic heterocycles. The van der Waals surface area contributed by atoms with Crippen LogP contribution >= 0.6 is 70.1 Å². The van der Waals surface area contributed by atoms with Crippen LogP contribution in [0.4, 0.5) is 5.69 Å². The number of aryl methyl sites for hydroxylation is 1. The fourth-order valence-electron chi connectivity index (χ4n) is 6.09. The minimum atomic E-state index is -1.03. The average Bonchev–Trinajstić information content (AvgIpc) is 3.61. The highest BCUT2D eigenvalue weighted by Gasteiger charge is 2.29. The fourth-order valence-corrected chi connectivity index (χ4v) is 10.9. The third kappa shape index (κ3) is 11.6. The number of carbonyl (C=O) groups excluding carboxylic acids is 1. The van der Waals surface area contributed by atoms with Gasteiger partial charge in [0.25, 0.3) is 5.01 Å². The zero-order valence-corrected chi connectivity index (χ0v) is 34.4. The number of carboxylic acids is 2. The van der Waals surface area contributed by atoms with Crippen LogP contribution in [0.5, 0.6) is 0 Å². The molecule has 0 saturated heterocycles. The Balaban J connectivity index is 1.41. The molecule has 3 aromatic rings. The summed E-state index contributed by atoms with van der Waals surface area (Å²) < 4.78 is 3.52. The Labute approximate surface area is 332 Å². The highest BCUT2D eigenvalue weighted by atomic mass is 32.2. The van der Waals surface area contributed by atoms with Gasteiger partial charge < -0.3 is 19.9 Å². The van der Waals surface area contributed by atoms with Crippen molar-refractivity contribution in [3.8, 4) is 0 Å². The molecule has 2 aliphatic rings. The van der Waals surface area contributed by atoms with Gasteiger partial charge in [0.15, 0.2) is 6.54 Å². The van der Waals surface area contributed by atoms with E-state index in [-0.39, 0.29) is 16.9 Å². The number of allylic oxidation sites excluding steroid dienone is 6. The Morgan fingerprint density at radius 3 is 2.48 bits per heavy atom. The highest BCUT2D eigenvalue weighted by molar-refractivity contribution is 8.03. The number of carboxylic acid groups (broad SMARTS) is 2. The van der Waals surface area contributed by atoms with E-state index in [4.69, 9.17) is 5.11 Å². The van der Waals surface area contributed by atoms with Crippen molar-refractivity contribution in [2.45, 2.75) is 47.9 Å². The van der Waals surface area contributed by atoms with Gasteiger partial charge in [-0.15, -0.1) is 48.4 Å². The van der Waals surface area contributed by atoms with Gasteiger partial charge in [-0.2, -0.15) is 16.3 Å². The average molecular weight is 809 g/mol. The number of thioether (sulfide) groups is 5. The zero-order chi connectivity index (χ0) is 37.1. The van der Waals surface area contributed by atoms with E-state index in [2.05, 4.69) is 103 Å². The minimum absolute atomic E-state index is 0.00977. The van der Waals surface area contributed by atoms with E-state index in [1.54, 1.807) is 46.6 Å². The Kier molecular flexibility index (Phi) is 15.2. The molecular formula is C40H44N2O4S6. The molecule has 0 spiro atoms. The van der Waals surface area contributed by atoms with Crippen molar-refractivity contribution in [1.29, 1.82) is 0 Å². The second-order valence-corrected chi connectivity index (χ2v) is 19.5. The number of hydrogen-bond donors (Lipinski definition) is 1. The monoisotopic (exact) mass is 808 g/mol. The van der Waals surface area contributed by atoms with Crippen LogP contribution in [0.2, 0.25) is 0 Å². The molecule has 2 heterocycles. The molecule has 1 aromatic heterocycles. The third-order valence-electron chi connectivity index (χ3n) is 8.10. The highest BCUT2D eigenvalue weighted by Crippen LogP contribution is 2.49. The predicted molar refractivity (Wildman–Crippen MR) is 227 cm³/mol. The Morgan fingerprint density at radius 2 is 1.75 bits per heavy atom. The number of nitrogens with zero attached hydrogens (tertiary/aromatic N) is 2. The zero-order valence-electron chi connectivity index (χ0n) is 29.5. The minimum Gasteiger partial charge on any atom is -0.549 e. The number of thiazole rings is 1. The smallest absolute Gasteiger partial charge is 0.313 e. The summed E-state index contributed by atoms with van der Waals surface area (Å²) in [6, 6.07) is 13.2. The molecule has 5 rings (SSSR count). The number of anilines is 1. The number of benzene rings is 2. The van der Waals surface area contributed by atoms with E-state index in [1.165, 1.54) is 59.6 Å². The summed E-state index contributed by atoms with van der Waals surface area (Å²) in [5, 5.41) is 22.5. The Bertz CT molecular complexity index is 1930. The lowest BCUT2D eigenvalue weighted by atomic mass is 9.75. The third-order valence-corrected chi connectivity index (χ3v) is 14.2. The van der Waals surface area contributed by atoms with Crippen LogP contribution in [-0.2, 0) is 16.1 Å². The maximum Gasteiger partial charge on any atom is 0.313 e. The van der Waals surface area contributed by atoms with Crippen molar-refractivity contribution in [2.75, 3.05) is 46.0 Å². The summed E-state index contributed by atoms with van der Waals surface area (Å²) >= 11 is 9.87. The molecule has 1 N–H and O–H groups in total. The standard InChI is InChI=1S/C40H44N2O4S6/c1-5-16-49-30-10-12-34-32(22-30)41(14-18-47-26-38(43)44)36(51-34)9-7-8-28-20-29(25-40(3,4)24-28)21-37-42(15-19-48-27-39(45)46)33-23-31(50-17-6-2)11-13-35(33)52-37/h5-13,20-23H,1-2,14-19,24-27H2,3-4H3,(H-,43,44,45,46). The van der Waals surface area contributed by atoms with E-state index in [9.17, 15) is 14.7 Å². The van der Waals surface area contributed by atoms with Gasteiger partial charge in [-0.05, 0) is 65.8 Å². The number of hydrogen-bond acceptors (Lipinski definition) is 10. The van der Waals surface area contributed by atoms with Gasteiger partial charge in [-0.1, -0.05) is 67.3 Å². The molecular weight excluding hydrogens is 765 g/mol. The van der Waals surface area contributed by atoms with E-state index in [0.29, 0.717) is 18.1 Å². The second-order valence-electron chi connectivity index (χ2n) is 13.0. The van der Waals surface area contributed by atoms with E-state index >= 15 is 0 Å². The summed E-state index contributed by atoms with van der Waals surface area (Å²) in [6.45, 7) is 13.8. The largest absolute Gasteiger partial charge is 0.549 e. The summed E-state index contributed by atoms with van der Waals surface area (Å²) in [4.78, 5) is 28.1. The van der Waals surface area contributed by atoms with Gasteiger partial charge in [0.1, 0.15) is 4.70 Å². The molecule has 0 fully saturated rings. The van der Waals surface area contributed by atoms with Crippen molar-refractivity contribution in [1.82, 2.24) is 0 Å². The number of fused-ring (bicyclic) bond motifs is 2. The lowest BCUT2D eigenvalue weighted by molar-refractivity contribution is -0.664. The quantitative estimate of drug-likeness (QED) is 0.0548. The molecule has 0 bridgehead atoms. The number of carbonyl (C=O) groups is 2. The first-order chi connectivity index (χ1) is 25.0. The molecule has 0 saturated carbocycles. The Hall–Kier alpha value is -2.74. The first kappa shape index (κ1) is 40.4. The summed E-state index contributed by atoms with van der Waals surface area (Å²) in [6.07, 6.45) is 17.0. The van der Waals surface area contributed by atoms with Gasteiger partial charge >= 0.3 is 5.97 Å². The summed E-state index contributed by atoms with van der Waals surface area (Å²) in [5.41, 5.74) is 4.96. The Morgan fingerprint density at radius 1 is 1.02 bits per heavy atom. The van der Waals surface area contributed by atoms with Gasteiger partial charge in [0.2, 0.25) is 5.52 Å². The van der Waals surface area contributed by atoms with Gasteiger partial charge in [0.05, 0.1) is 28.2 Å².